The van der Waals surface area contributed by atoms with Crippen molar-refractivity contribution in [2.75, 3.05) is 6.61 Å². The Labute approximate surface area is 155 Å². The number of hydrogen-bond donors (Lipinski definition) is 5. The third kappa shape index (κ3) is 6.81. The minimum atomic E-state index is -5.65. The quantitative estimate of drug-likeness (QED) is 0.187. The normalized spacial score (nSPS) is 27.2. The molecule has 0 spiro atoms. The van der Waals surface area contributed by atoms with Gasteiger partial charge in [0.25, 0.3) is 5.69 Å². The molecule has 1 aliphatic rings. The van der Waals surface area contributed by atoms with Crippen LogP contribution >= 0.6 is 23.5 Å². The van der Waals surface area contributed by atoms with Crippen molar-refractivity contribution in [2.24, 2.45) is 0 Å². The summed E-state index contributed by atoms with van der Waals surface area (Å²) in [7, 11) is -16.5. The molecule has 1 fully saturated rings. The maximum atomic E-state index is 11.6. The number of rotatable bonds is 9. The molecule has 2 unspecified atom stereocenters. The molecule has 1 aliphatic heterocycles. The lowest BCUT2D eigenvalue weighted by Gasteiger charge is -2.19. The Bertz CT molecular complexity index is 864. The van der Waals surface area contributed by atoms with Gasteiger partial charge >= 0.3 is 23.5 Å². The number of ether oxygens (including phenoxy) is 1. The van der Waals surface area contributed by atoms with Crippen LogP contribution in [0.2, 0.25) is 0 Å². The second-order valence-electron chi connectivity index (χ2n) is 5.39. The lowest BCUT2D eigenvalue weighted by Crippen LogP contribution is -2.26. The monoisotopic (exact) mass is 468 g/mol. The lowest BCUT2D eigenvalue weighted by atomic mass is 10.2. The molecule has 2 rings (SSSR count). The molecule has 19 heteroatoms. The molecule has 0 saturated carbocycles. The fourth-order valence-electron chi connectivity index (χ4n) is 2.21. The molecule has 160 valence electrons. The van der Waals surface area contributed by atoms with Crippen LogP contribution in [0.1, 0.15) is 12.6 Å². The number of aliphatic hydroxyl groups excluding tert-OH is 1. The average Bonchev–Trinajstić information content (AvgIpc) is 3.07. The number of nitro groups is 1. The van der Waals surface area contributed by atoms with Crippen molar-refractivity contribution in [3.05, 3.63) is 28.6 Å². The summed E-state index contributed by atoms with van der Waals surface area (Å²) in [4.78, 5) is 45.3. The number of phosphoric ester groups is 1. The summed E-state index contributed by atoms with van der Waals surface area (Å²) >= 11 is 0. The van der Waals surface area contributed by atoms with Crippen LogP contribution in [0.3, 0.4) is 0 Å². The zero-order valence-corrected chi connectivity index (χ0v) is 16.2. The van der Waals surface area contributed by atoms with Gasteiger partial charge in [0.05, 0.1) is 23.8 Å². The first-order chi connectivity index (χ1) is 12.7. The SMILES string of the molecule is O=[N+]([O-])c1ccn([C@H]2C[C@H](O)[C@@H](COP(=O)(O)OP(=O)(O)OP(=O)(O)O)O2)c1. The van der Waals surface area contributed by atoms with E-state index in [4.69, 9.17) is 19.4 Å². The highest BCUT2D eigenvalue weighted by Gasteiger charge is 2.42. The molecule has 5 atom stereocenters. The minimum Gasteiger partial charge on any atom is -0.390 e. The van der Waals surface area contributed by atoms with Crippen molar-refractivity contribution < 1.29 is 61.2 Å². The number of aromatic nitrogens is 1. The van der Waals surface area contributed by atoms with Gasteiger partial charge in [-0.2, -0.15) is 8.62 Å². The van der Waals surface area contributed by atoms with Crippen molar-refractivity contribution in [3.63, 3.8) is 0 Å². The van der Waals surface area contributed by atoms with E-state index in [0.717, 1.165) is 6.20 Å². The molecule has 1 aromatic rings. The Morgan fingerprint density at radius 3 is 2.39 bits per heavy atom. The van der Waals surface area contributed by atoms with Gasteiger partial charge in [-0.05, 0) is 0 Å². The van der Waals surface area contributed by atoms with Gasteiger partial charge < -0.3 is 34.0 Å². The van der Waals surface area contributed by atoms with Gasteiger partial charge in [-0.25, -0.2) is 13.7 Å². The Morgan fingerprint density at radius 1 is 1.21 bits per heavy atom. The van der Waals surface area contributed by atoms with Crippen LogP contribution in [-0.4, -0.2) is 53.0 Å². The van der Waals surface area contributed by atoms with Gasteiger partial charge in [-0.1, -0.05) is 0 Å². The van der Waals surface area contributed by atoms with Crippen molar-refractivity contribution in [3.8, 4) is 0 Å². The molecule has 16 nitrogen and oxygen atoms in total. The van der Waals surface area contributed by atoms with Crippen molar-refractivity contribution >= 4 is 29.2 Å². The van der Waals surface area contributed by atoms with Crippen LogP contribution in [0.15, 0.2) is 18.5 Å². The van der Waals surface area contributed by atoms with Gasteiger partial charge in [-0.3, -0.25) is 14.6 Å². The topological polar surface area (TPSA) is 237 Å². The molecule has 28 heavy (non-hydrogen) atoms. The summed E-state index contributed by atoms with van der Waals surface area (Å²) in [6.07, 6.45) is -0.924. The first kappa shape index (κ1) is 23.3. The predicted octanol–water partition coefficient (Wildman–Crippen LogP) is 0.388. The molecular weight excluding hydrogens is 453 g/mol. The molecule has 1 saturated heterocycles. The molecular formula is C9H15N2O14P3. The Morgan fingerprint density at radius 2 is 1.86 bits per heavy atom. The van der Waals surface area contributed by atoms with Crippen LogP contribution in [0.4, 0.5) is 5.69 Å². The fraction of sp³-hybridized carbons (Fsp3) is 0.556. The van der Waals surface area contributed by atoms with E-state index in [2.05, 4.69) is 13.1 Å². The summed E-state index contributed by atoms with van der Waals surface area (Å²) in [5.41, 5.74) is -0.227. The fourth-order valence-corrected chi connectivity index (χ4v) is 5.24. The van der Waals surface area contributed by atoms with Crippen molar-refractivity contribution in [2.45, 2.75) is 24.9 Å². The number of hydrogen-bond acceptors (Lipinski definition) is 10. The van der Waals surface area contributed by atoms with Gasteiger partial charge in [0.2, 0.25) is 0 Å². The van der Waals surface area contributed by atoms with E-state index in [0.29, 0.717) is 0 Å². The molecule has 0 radical (unpaired) electrons. The first-order valence-corrected chi connectivity index (χ1v) is 11.6. The Hall–Kier alpha value is -0.990. The highest BCUT2D eigenvalue weighted by molar-refractivity contribution is 7.66. The molecule has 1 aromatic heterocycles. The molecule has 0 aliphatic carbocycles. The first-order valence-electron chi connectivity index (χ1n) is 7.11. The second kappa shape index (κ2) is 8.40. The zero-order valence-electron chi connectivity index (χ0n) is 13.5. The van der Waals surface area contributed by atoms with Crippen LogP contribution in [0.5, 0.6) is 0 Å². The maximum Gasteiger partial charge on any atom is 0.490 e. The number of phosphoric acid groups is 3. The van der Waals surface area contributed by atoms with Crippen LogP contribution in [0.25, 0.3) is 0 Å². The predicted molar refractivity (Wildman–Crippen MR) is 85.4 cm³/mol. The van der Waals surface area contributed by atoms with Gasteiger partial charge in [0, 0.05) is 18.7 Å². The molecule has 5 N–H and O–H groups in total. The van der Waals surface area contributed by atoms with Gasteiger partial charge in [-0.15, -0.1) is 0 Å². The maximum absolute atomic E-state index is 11.6. The zero-order chi connectivity index (χ0) is 21.3. The highest BCUT2D eigenvalue weighted by Crippen LogP contribution is 2.66. The van der Waals surface area contributed by atoms with E-state index in [-0.39, 0.29) is 12.1 Å². The van der Waals surface area contributed by atoms with Gasteiger partial charge in [0.1, 0.15) is 12.3 Å². The third-order valence-electron chi connectivity index (χ3n) is 3.26. The lowest BCUT2D eigenvalue weighted by molar-refractivity contribution is -0.384. The third-order valence-corrected chi connectivity index (χ3v) is 7.07. The van der Waals surface area contributed by atoms with E-state index in [1.165, 1.54) is 16.8 Å². The number of aliphatic hydroxyl groups is 1. The van der Waals surface area contributed by atoms with E-state index in [1.54, 1.807) is 0 Å². The summed E-state index contributed by atoms with van der Waals surface area (Å²) in [6.45, 7) is -0.829. The van der Waals surface area contributed by atoms with E-state index in [1.807, 2.05) is 0 Å². The minimum absolute atomic E-state index is 0.0593. The molecule has 2 heterocycles. The van der Waals surface area contributed by atoms with Gasteiger partial charge in [0.15, 0.2) is 0 Å². The van der Waals surface area contributed by atoms with Crippen LogP contribution < -0.4 is 0 Å². The summed E-state index contributed by atoms with van der Waals surface area (Å²) in [6, 6.07) is 1.19. The van der Waals surface area contributed by atoms with Crippen LogP contribution in [0, 0.1) is 10.1 Å². The van der Waals surface area contributed by atoms with Crippen molar-refractivity contribution in [1.82, 2.24) is 4.57 Å². The average molecular weight is 468 g/mol. The largest absolute Gasteiger partial charge is 0.490 e. The van der Waals surface area contributed by atoms with E-state index < -0.39 is 53.4 Å². The smallest absolute Gasteiger partial charge is 0.390 e. The molecule has 0 bridgehead atoms. The number of nitrogens with zero attached hydrogens (tertiary/aromatic N) is 2. The standard InChI is InChI=1S/C9H15N2O14P3/c12-7-3-9(10-2-1-6(4-10)11(13)14)23-8(7)5-22-27(18,19)25-28(20,21)24-26(15,16)17/h1-2,4,7-9,12H,3,5H2,(H,18,19)(H,20,21)(H2,15,16,17)/t7-,8+,9+/m0/s1. The molecule has 0 amide bonds. The Kier molecular flexibility index (Phi) is 6.99. The summed E-state index contributed by atoms with van der Waals surface area (Å²) in [5.74, 6) is 0. The Balaban J connectivity index is 1.94. The van der Waals surface area contributed by atoms with E-state index >= 15 is 0 Å². The van der Waals surface area contributed by atoms with Crippen molar-refractivity contribution in [1.29, 1.82) is 0 Å². The summed E-state index contributed by atoms with van der Waals surface area (Å²) in [5, 5.41) is 20.6. The second-order valence-corrected chi connectivity index (χ2v) is 9.81. The van der Waals surface area contributed by atoms with Crippen LogP contribution in [-0.2, 0) is 31.6 Å². The summed E-state index contributed by atoms with van der Waals surface area (Å²) < 4.78 is 51.5. The highest BCUT2D eigenvalue weighted by atomic mass is 31.3. The van der Waals surface area contributed by atoms with E-state index in [9.17, 15) is 33.8 Å². The molecule has 0 aromatic carbocycles.